The fraction of sp³-hybridized carbons (Fsp3) is 0.350. The van der Waals surface area contributed by atoms with Gasteiger partial charge in [-0.25, -0.2) is 0 Å². The lowest BCUT2D eigenvalue weighted by atomic mass is 10.1. The van der Waals surface area contributed by atoms with Crippen LogP contribution in [0.4, 0.5) is 0 Å². The summed E-state index contributed by atoms with van der Waals surface area (Å²) in [5.41, 5.74) is 3.24. The van der Waals surface area contributed by atoms with E-state index in [4.69, 9.17) is 9.15 Å². The Bertz CT molecular complexity index is 659. The van der Waals surface area contributed by atoms with Crippen LogP contribution in [0.1, 0.15) is 43.6 Å². The molecule has 0 aliphatic heterocycles. The van der Waals surface area contributed by atoms with Crippen LogP contribution in [0, 0.1) is 0 Å². The molecule has 1 heterocycles. The number of rotatable bonds is 9. The molecule has 0 aliphatic rings. The van der Waals surface area contributed by atoms with Gasteiger partial charge in [0, 0.05) is 12.6 Å². The molecule has 0 aliphatic carbocycles. The molecule has 0 atom stereocenters. The number of amides is 1. The Morgan fingerprint density at radius 3 is 2.79 bits per heavy atom. The van der Waals surface area contributed by atoms with Crippen LogP contribution >= 0.6 is 0 Å². The first-order chi connectivity index (χ1) is 11.7. The minimum atomic E-state index is -0.0413. The van der Waals surface area contributed by atoms with Gasteiger partial charge in [-0.15, -0.1) is 0 Å². The highest BCUT2D eigenvalue weighted by molar-refractivity contribution is 5.88. The van der Waals surface area contributed by atoms with Crippen LogP contribution in [0.25, 0.3) is 0 Å². The maximum atomic E-state index is 11.9. The van der Waals surface area contributed by atoms with Gasteiger partial charge in [0.25, 0.3) is 0 Å². The largest absolute Gasteiger partial charge is 0.467 e. The number of carbonyl (C=O) groups excluding carboxylic acids is 1. The molecule has 0 saturated heterocycles. The fourth-order valence-corrected chi connectivity index (χ4v) is 2.42. The van der Waals surface area contributed by atoms with E-state index in [1.807, 2.05) is 43.3 Å². The zero-order valence-electron chi connectivity index (χ0n) is 14.4. The van der Waals surface area contributed by atoms with Gasteiger partial charge in [0.2, 0.25) is 5.91 Å². The van der Waals surface area contributed by atoms with Crippen molar-refractivity contribution in [2.45, 2.75) is 46.4 Å². The van der Waals surface area contributed by atoms with Crippen LogP contribution in [-0.2, 0) is 29.3 Å². The van der Waals surface area contributed by atoms with Gasteiger partial charge >= 0.3 is 0 Å². The zero-order valence-corrected chi connectivity index (χ0v) is 14.4. The number of hydrogen-bond acceptors (Lipinski definition) is 3. The molecule has 128 valence electrons. The highest BCUT2D eigenvalue weighted by atomic mass is 16.5. The van der Waals surface area contributed by atoms with Gasteiger partial charge in [0.05, 0.1) is 12.9 Å². The maximum Gasteiger partial charge on any atom is 0.244 e. The maximum absolute atomic E-state index is 11.9. The molecule has 4 heteroatoms. The second-order valence-corrected chi connectivity index (χ2v) is 5.85. The fourth-order valence-electron chi connectivity index (χ4n) is 2.42. The number of furan rings is 1. The predicted molar refractivity (Wildman–Crippen MR) is 94.2 cm³/mol. The van der Waals surface area contributed by atoms with E-state index >= 15 is 0 Å². The summed E-state index contributed by atoms with van der Waals surface area (Å²) in [5.74, 6) is 0.771. The smallest absolute Gasteiger partial charge is 0.244 e. The normalized spacial score (nSPS) is 11.5. The molecular formula is C20H25NO3. The van der Waals surface area contributed by atoms with Crippen LogP contribution in [-0.4, -0.2) is 5.91 Å². The summed E-state index contributed by atoms with van der Waals surface area (Å²) < 4.78 is 10.9. The van der Waals surface area contributed by atoms with E-state index in [-0.39, 0.29) is 5.91 Å². The third-order valence-corrected chi connectivity index (χ3v) is 3.57. The molecule has 2 rings (SSSR count). The third kappa shape index (κ3) is 6.42. The van der Waals surface area contributed by atoms with Crippen LogP contribution in [0.15, 0.2) is 58.7 Å². The van der Waals surface area contributed by atoms with Crippen molar-refractivity contribution in [3.8, 4) is 0 Å². The van der Waals surface area contributed by atoms with Gasteiger partial charge < -0.3 is 14.5 Å². The average Bonchev–Trinajstić information content (AvgIpc) is 3.07. The third-order valence-electron chi connectivity index (χ3n) is 3.57. The Kier molecular flexibility index (Phi) is 7.30. The molecule has 0 spiro atoms. The van der Waals surface area contributed by atoms with Gasteiger partial charge in [-0.1, -0.05) is 43.2 Å². The Labute approximate surface area is 143 Å². The highest BCUT2D eigenvalue weighted by Crippen LogP contribution is 2.09. The first-order valence-electron chi connectivity index (χ1n) is 8.30. The van der Waals surface area contributed by atoms with E-state index in [0.717, 1.165) is 35.3 Å². The summed E-state index contributed by atoms with van der Waals surface area (Å²) in [7, 11) is 0. The molecule has 1 N–H and O–H groups in total. The van der Waals surface area contributed by atoms with Crippen LogP contribution in [0.2, 0.25) is 0 Å². The van der Waals surface area contributed by atoms with Crippen molar-refractivity contribution in [3.05, 3.63) is 71.2 Å². The quantitative estimate of drug-likeness (QED) is 0.696. The Balaban J connectivity index is 1.79. The Hall–Kier alpha value is -2.33. The summed E-state index contributed by atoms with van der Waals surface area (Å²) in [5, 5.41) is 2.92. The van der Waals surface area contributed by atoms with Crippen LogP contribution < -0.4 is 5.32 Å². The van der Waals surface area contributed by atoms with Gasteiger partial charge in [-0.3, -0.25) is 4.79 Å². The molecule has 0 fully saturated rings. The molecule has 0 saturated carbocycles. The van der Waals surface area contributed by atoms with Gasteiger partial charge in [0.15, 0.2) is 0 Å². The average molecular weight is 327 g/mol. The van der Waals surface area contributed by atoms with E-state index < -0.39 is 0 Å². The van der Waals surface area contributed by atoms with Crippen molar-refractivity contribution < 1.29 is 13.9 Å². The molecule has 24 heavy (non-hydrogen) atoms. The number of benzene rings is 1. The first kappa shape index (κ1) is 18.0. The van der Waals surface area contributed by atoms with Crippen molar-refractivity contribution in [3.63, 3.8) is 0 Å². The lowest BCUT2D eigenvalue weighted by molar-refractivity contribution is -0.116. The molecule has 1 aromatic heterocycles. The first-order valence-corrected chi connectivity index (χ1v) is 8.30. The zero-order chi connectivity index (χ0) is 17.2. The molecule has 0 unspecified atom stereocenters. The van der Waals surface area contributed by atoms with E-state index in [1.165, 1.54) is 0 Å². The van der Waals surface area contributed by atoms with E-state index in [1.54, 1.807) is 12.3 Å². The minimum Gasteiger partial charge on any atom is -0.467 e. The van der Waals surface area contributed by atoms with Gasteiger partial charge in [-0.2, -0.15) is 0 Å². The SMILES string of the molecule is CCC/C(C)=C/C(=O)NCc1cccc(COCc2ccco2)c1. The van der Waals surface area contributed by atoms with Gasteiger partial charge in [-0.05, 0) is 36.6 Å². The standard InChI is InChI=1S/C20H25NO3/c1-3-6-16(2)11-20(22)21-13-17-7-4-8-18(12-17)14-23-15-19-9-5-10-24-19/h4-5,7-12H,3,6,13-15H2,1-2H3,(H,21,22)/b16-11+. The van der Waals surface area contributed by atoms with E-state index in [9.17, 15) is 4.79 Å². The summed E-state index contributed by atoms with van der Waals surface area (Å²) in [6.45, 7) is 5.57. The molecule has 1 aromatic carbocycles. The molecular weight excluding hydrogens is 302 g/mol. The number of nitrogens with one attached hydrogen (secondary N) is 1. The molecule has 0 radical (unpaired) electrons. The summed E-state index contributed by atoms with van der Waals surface area (Å²) in [4.78, 5) is 11.9. The monoisotopic (exact) mass is 327 g/mol. The number of carbonyl (C=O) groups is 1. The summed E-state index contributed by atoms with van der Waals surface area (Å²) in [6.07, 6.45) is 5.32. The van der Waals surface area contributed by atoms with E-state index in [0.29, 0.717) is 19.8 Å². The lowest BCUT2D eigenvalue weighted by Gasteiger charge is -2.07. The van der Waals surface area contributed by atoms with E-state index in [2.05, 4.69) is 12.2 Å². The highest BCUT2D eigenvalue weighted by Gasteiger charge is 2.01. The number of hydrogen-bond donors (Lipinski definition) is 1. The second-order valence-electron chi connectivity index (χ2n) is 5.85. The summed E-state index contributed by atoms with van der Waals surface area (Å²) >= 11 is 0. The van der Waals surface area contributed by atoms with Crippen LogP contribution in [0.5, 0.6) is 0 Å². The van der Waals surface area contributed by atoms with Crippen LogP contribution in [0.3, 0.4) is 0 Å². The Morgan fingerprint density at radius 1 is 1.21 bits per heavy atom. The van der Waals surface area contributed by atoms with Crippen molar-refractivity contribution >= 4 is 5.91 Å². The van der Waals surface area contributed by atoms with Crippen molar-refractivity contribution in [1.29, 1.82) is 0 Å². The number of ether oxygens (including phenoxy) is 1. The predicted octanol–water partition coefficient (Wildman–Crippen LogP) is 4.36. The Morgan fingerprint density at radius 2 is 2.04 bits per heavy atom. The van der Waals surface area contributed by atoms with Gasteiger partial charge in [0.1, 0.15) is 12.4 Å². The van der Waals surface area contributed by atoms with Crippen molar-refractivity contribution in [1.82, 2.24) is 5.32 Å². The molecule has 2 aromatic rings. The molecule has 1 amide bonds. The topological polar surface area (TPSA) is 51.5 Å². The minimum absolute atomic E-state index is 0.0413. The molecule has 0 bridgehead atoms. The second kappa shape index (κ2) is 9.73. The summed E-state index contributed by atoms with van der Waals surface area (Å²) in [6, 6.07) is 11.8. The van der Waals surface area contributed by atoms with Crippen molar-refractivity contribution in [2.24, 2.45) is 0 Å². The number of allylic oxidation sites excluding steroid dienone is 1. The van der Waals surface area contributed by atoms with Crippen molar-refractivity contribution in [2.75, 3.05) is 0 Å². The molecule has 4 nitrogen and oxygen atoms in total. The lowest BCUT2D eigenvalue weighted by Crippen LogP contribution is -2.20.